The first-order chi connectivity index (χ1) is 2.64. The van der Waals surface area contributed by atoms with Gasteiger partial charge in [0.2, 0.25) is 0 Å². The van der Waals surface area contributed by atoms with Gasteiger partial charge in [0.1, 0.15) is 0 Å². The van der Waals surface area contributed by atoms with Crippen molar-refractivity contribution in [1.82, 2.24) is 0 Å². The molecule has 0 aliphatic carbocycles. The molecule has 0 bridgehead atoms. The van der Waals surface area contributed by atoms with Gasteiger partial charge in [0.25, 0.3) is 0 Å². The summed E-state index contributed by atoms with van der Waals surface area (Å²) in [5.41, 5.74) is 0. The van der Waals surface area contributed by atoms with Crippen LogP contribution in [0, 0.1) is 0 Å². The molecule has 34 valence electrons. The average Bonchev–Trinajstić information content (AvgIpc) is 1.36. The van der Waals surface area contributed by atoms with E-state index in [1.165, 1.54) is 0 Å². The summed E-state index contributed by atoms with van der Waals surface area (Å²) < 4.78 is 0.287. The van der Waals surface area contributed by atoms with Gasteiger partial charge >= 0.3 is 50.7 Å². The maximum atomic E-state index is 9.63. The molecule has 0 saturated carbocycles. The van der Waals surface area contributed by atoms with E-state index in [0.717, 1.165) is 25.1 Å². The van der Waals surface area contributed by atoms with E-state index in [-0.39, 0.29) is 3.23 Å². The maximum absolute atomic E-state index is 9.63. The van der Waals surface area contributed by atoms with Gasteiger partial charge in [0.05, 0.1) is 0 Å². The molecule has 0 heterocycles. The number of aliphatic carboxylic acids is 1. The van der Waals surface area contributed by atoms with Crippen molar-refractivity contribution in [3.8, 4) is 0 Å². The van der Waals surface area contributed by atoms with Gasteiger partial charge in [-0.25, -0.2) is 0 Å². The van der Waals surface area contributed by atoms with Crippen LogP contribution in [-0.4, -0.2) is 36.1 Å². The van der Waals surface area contributed by atoms with Crippen molar-refractivity contribution >= 4 is 31.0 Å². The topological polar surface area (TPSA) is 37.3 Å². The molecule has 0 aliphatic heterocycles. The molecule has 0 amide bonds. The Bertz CT molecular complexity index is 74.8. The van der Waals surface area contributed by atoms with E-state index in [0.29, 0.717) is 0 Å². The first-order valence-electron chi connectivity index (χ1n) is 1.25. The van der Waals surface area contributed by atoms with Crippen molar-refractivity contribution in [2.45, 2.75) is 0 Å². The molecule has 0 aromatic carbocycles. The SMILES string of the molecule is C=[C]([PoH])C(=O)O. The number of carboxylic acid groups (broad SMARTS) is 1. The zero-order valence-corrected chi connectivity index (χ0v) is 6.49. The molecule has 0 aromatic rings. The summed E-state index contributed by atoms with van der Waals surface area (Å²) >= 11 is 0.737. The van der Waals surface area contributed by atoms with Crippen molar-refractivity contribution in [1.29, 1.82) is 0 Å². The second-order valence-electron chi connectivity index (χ2n) is 0.752. The van der Waals surface area contributed by atoms with Gasteiger partial charge < -0.3 is 0 Å². The Morgan fingerprint density at radius 2 is 2.00 bits per heavy atom. The molecule has 1 N–H and O–H groups in total. The molecular weight excluding hydrogens is 277 g/mol. The van der Waals surface area contributed by atoms with Crippen LogP contribution in [0.25, 0.3) is 0 Å². The number of hydrogen-bond acceptors (Lipinski definition) is 1. The van der Waals surface area contributed by atoms with Crippen molar-refractivity contribution in [2.24, 2.45) is 0 Å². The van der Waals surface area contributed by atoms with Gasteiger partial charge in [-0.05, 0) is 0 Å². The third-order valence-electron chi connectivity index (χ3n) is 0.247. The van der Waals surface area contributed by atoms with Crippen LogP contribution in [0.15, 0.2) is 9.81 Å². The first-order valence-corrected chi connectivity index (χ1v) is 2.99. The summed E-state index contributed by atoms with van der Waals surface area (Å²) in [5, 5.41) is 7.92. The Balaban J connectivity index is 3.57. The van der Waals surface area contributed by atoms with E-state index < -0.39 is 5.97 Å². The number of hydrogen-bond donors (Lipinski definition) is 1. The zero-order valence-electron chi connectivity index (χ0n) is 3.01. The number of carbonyl (C=O) groups is 1. The third-order valence-corrected chi connectivity index (χ3v) is 0.990. The van der Waals surface area contributed by atoms with Gasteiger partial charge in [0, 0.05) is 0 Å². The monoisotopic (exact) mass is 281 g/mol. The third kappa shape index (κ3) is 2.35. The van der Waals surface area contributed by atoms with E-state index in [4.69, 9.17) is 5.11 Å². The van der Waals surface area contributed by atoms with Crippen molar-refractivity contribution < 1.29 is 9.90 Å². The molecule has 0 rings (SSSR count). The molecule has 0 aromatic heterocycles. The molecule has 0 spiro atoms. The van der Waals surface area contributed by atoms with Gasteiger partial charge in [-0.1, -0.05) is 0 Å². The molecule has 0 radical (unpaired) electrons. The second-order valence-corrected chi connectivity index (χ2v) is 2.85. The minimum atomic E-state index is -0.886. The Morgan fingerprint density at radius 1 is 1.83 bits per heavy atom. The van der Waals surface area contributed by atoms with E-state index in [9.17, 15) is 4.79 Å². The van der Waals surface area contributed by atoms with Crippen LogP contribution < -0.4 is 0 Å². The molecule has 6 heavy (non-hydrogen) atoms. The average molecular weight is 281 g/mol. The summed E-state index contributed by atoms with van der Waals surface area (Å²) in [6.45, 7) is 3.20. The van der Waals surface area contributed by atoms with E-state index in [1.807, 2.05) is 0 Å². The van der Waals surface area contributed by atoms with Crippen LogP contribution >= 0.6 is 0 Å². The van der Waals surface area contributed by atoms with Gasteiger partial charge in [-0.3, -0.25) is 0 Å². The molecule has 0 unspecified atom stereocenters. The van der Waals surface area contributed by atoms with Crippen molar-refractivity contribution in [3.05, 3.63) is 9.81 Å². The normalized spacial score (nSPS) is 7.50. The van der Waals surface area contributed by atoms with Crippen LogP contribution in [0.3, 0.4) is 0 Å². The number of rotatable bonds is 1. The summed E-state index contributed by atoms with van der Waals surface area (Å²) in [4.78, 5) is 9.63. The van der Waals surface area contributed by atoms with Crippen LogP contribution in [0.1, 0.15) is 0 Å². The van der Waals surface area contributed by atoms with Crippen molar-refractivity contribution in [3.63, 3.8) is 0 Å². The zero-order chi connectivity index (χ0) is 5.15. The van der Waals surface area contributed by atoms with E-state index >= 15 is 0 Å². The Morgan fingerprint density at radius 3 is 2.00 bits per heavy atom. The Kier molecular flexibility index (Phi) is 2.35. The first kappa shape index (κ1) is 6.11. The second kappa shape index (κ2) is 2.31. The summed E-state index contributed by atoms with van der Waals surface area (Å²) in [6.07, 6.45) is 0. The van der Waals surface area contributed by atoms with Crippen molar-refractivity contribution in [2.75, 3.05) is 0 Å². The van der Waals surface area contributed by atoms with Crippen LogP contribution in [0.2, 0.25) is 0 Å². The van der Waals surface area contributed by atoms with E-state index in [1.54, 1.807) is 0 Å². The Hall–Kier alpha value is 0.106. The fourth-order valence-electron chi connectivity index (χ4n) is 0. The minimum absolute atomic E-state index is 0.287. The summed E-state index contributed by atoms with van der Waals surface area (Å²) in [7, 11) is 0. The predicted octanol–water partition coefficient (Wildman–Crippen LogP) is -0.514. The van der Waals surface area contributed by atoms with Gasteiger partial charge in [-0.15, -0.1) is 0 Å². The van der Waals surface area contributed by atoms with Gasteiger partial charge in [0.15, 0.2) is 0 Å². The molecule has 0 saturated heterocycles. The molecule has 2 nitrogen and oxygen atoms in total. The van der Waals surface area contributed by atoms with Crippen LogP contribution in [0.5, 0.6) is 0 Å². The molecular formula is C3H4O2Po. The molecule has 3 heteroatoms. The quantitative estimate of drug-likeness (QED) is 0.657. The fourth-order valence-corrected chi connectivity index (χ4v) is 0. The summed E-state index contributed by atoms with van der Waals surface area (Å²) in [6, 6.07) is 0. The predicted molar refractivity (Wildman–Crippen MR) is 23.9 cm³/mol. The summed E-state index contributed by atoms with van der Waals surface area (Å²) in [5.74, 6) is -0.886. The Labute approximate surface area is 51.0 Å². The number of carboxylic acids is 1. The van der Waals surface area contributed by atoms with Crippen LogP contribution in [0.4, 0.5) is 0 Å². The standard InChI is InChI=1S/C3H3O2.Po.H/c1-2-3(4)5;;/h1H2,(H,4,5);;. The molecule has 0 aliphatic rings. The van der Waals surface area contributed by atoms with E-state index in [2.05, 4.69) is 6.58 Å². The van der Waals surface area contributed by atoms with Crippen LogP contribution in [-0.2, 0) is 4.79 Å². The van der Waals surface area contributed by atoms with Gasteiger partial charge in [-0.2, -0.15) is 0 Å². The molecule has 0 atom stereocenters. The molecule has 0 fully saturated rings. The fraction of sp³-hybridized carbons (Fsp3) is 0.